The molecule has 72 valence electrons. The highest BCUT2D eigenvalue weighted by Crippen LogP contribution is 2.18. The maximum Gasteiger partial charge on any atom is 0.175 e. The number of nitrogens with one attached hydrogen (secondary N) is 1. The Hall–Kier alpha value is -2.35. The Morgan fingerprint density at radius 3 is 3.20 bits per heavy atom. The van der Waals surface area contributed by atoms with Crippen LogP contribution in [-0.2, 0) is 0 Å². The molecule has 0 fully saturated rings. The minimum Gasteiger partial charge on any atom is -0.346 e. The number of fused-ring (bicyclic) bond motifs is 3. The molecule has 0 aliphatic carbocycles. The van der Waals surface area contributed by atoms with Crippen molar-refractivity contribution in [2.45, 2.75) is 6.92 Å². The molecule has 0 radical (unpaired) electrons. The van der Waals surface area contributed by atoms with Crippen molar-refractivity contribution >= 4 is 16.7 Å². The van der Waals surface area contributed by atoms with Crippen molar-refractivity contribution in [3.05, 3.63) is 29.7 Å². The molecule has 0 aliphatic heterocycles. The molecule has 0 saturated heterocycles. The standard InChI is InChI=1S/C10H7N5/c1-6-8-2-3-12-10(8)15-9(14-6)7(4-11)5-13-15/h2-3,5,12H,1H3. The predicted molar refractivity (Wildman–Crippen MR) is 54.3 cm³/mol. The van der Waals surface area contributed by atoms with Crippen molar-refractivity contribution in [3.8, 4) is 6.07 Å². The third-order valence-corrected chi connectivity index (χ3v) is 2.46. The normalized spacial score (nSPS) is 10.9. The molecule has 0 unspecified atom stereocenters. The summed E-state index contributed by atoms with van der Waals surface area (Å²) >= 11 is 0. The van der Waals surface area contributed by atoms with Crippen LogP contribution in [0, 0.1) is 18.3 Å². The summed E-state index contributed by atoms with van der Waals surface area (Å²) in [6.45, 7) is 1.92. The average molecular weight is 197 g/mol. The molecule has 0 aromatic carbocycles. The average Bonchev–Trinajstić information content (AvgIpc) is 2.81. The van der Waals surface area contributed by atoms with Gasteiger partial charge >= 0.3 is 0 Å². The zero-order chi connectivity index (χ0) is 10.4. The lowest BCUT2D eigenvalue weighted by atomic mass is 10.3. The number of nitrogens with zero attached hydrogens (tertiary/aromatic N) is 4. The van der Waals surface area contributed by atoms with Crippen LogP contribution < -0.4 is 0 Å². The van der Waals surface area contributed by atoms with Gasteiger partial charge in [-0.3, -0.25) is 0 Å². The lowest BCUT2D eigenvalue weighted by Gasteiger charge is -1.98. The van der Waals surface area contributed by atoms with E-state index >= 15 is 0 Å². The Balaban J connectivity index is 2.63. The molecular formula is C10H7N5. The van der Waals surface area contributed by atoms with Gasteiger partial charge in [-0.15, -0.1) is 0 Å². The fourth-order valence-electron chi connectivity index (χ4n) is 1.74. The zero-order valence-electron chi connectivity index (χ0n) is 8.02. The van der Waals surface area contributed by atoms with Crippen LogP contribution in [0.4, 0.5) is 0 Å². The summed E-state index contributed by atoms with van der Waals surface area (Å²) in [5.41, 5.74) is 2.87. The molecule has 0 atom stereocenters. The molecule has 0 bridgehead atoms. The molecule has 5 nitrogen and oxygen atoms in total. The number of aryl methyl sites for hydroxylation is 1. The molecule has 1 N–H and O–H groups in total. The highest BCUT2D eigenvalue weighted by Gasteiger charge is 2.10. The Morgan fingerprint density at radius 1 is 1.53 bits per heavy atom. The molecule has 0 saturated carbocycles. The van der Waals surface area contributed by atoms with Crippen LogP contribution in [0.25, 0.3) is 16.7 Å². The lowest BCUT2D eigenvalue weighted by Crippen LogP contribution is -1.95. The smallest absolute Gasteiger partial charge is 0.175 e. The lowest BCUT2D eigenvalue weighted by molar-refractivity contribution is 0.962. The van der Waals surface area contributed by atoms with E-state index < -0.39 is 0 Å². The Kier molecular flexibility index (Phi) is 1.37. The number of nitriles is 1. The van der Waals surface area contributed by atoms with Crippen molar-refractivity contribution < 1.29 is 0 Å². The molecule has 5 heteroatoms. The summed E-state index contributed by atoms with van der Waals surface area (Å²) in [5, 5.41) is 14.0. The third-order valence-electron chi connectivity index (χ3n) is 2.46. The van der Waals surface area contributed by atoms with Crippen LogP contribution in [0.3, 0.4) is 0 Å². The first-order chi connectivity index (χ1) is 7.31. The molecule has 0 amide bonds. The van der Waals surface area contributed by atoms with Crippen LogP contribution in [0.5, 0.6) is 0 Å². The minimum absolute atomic E-state index is 0.495. The van der Waals surface area contributed by atoms with Gasteiger partial charge < -0.3 is 4.98 Å². The molecular weight excluding hydrogens is 190 g/mol. The molecule has 3 rings (SSSR count). The van der Waals surface area contributed by atoms with E-state index in [-0.39, 0.29) is 0 Å². The van der Waals surface area contributed by atoms with Crippen molar-refractivity contribution in [1.82, 2.24) is 19.6 Å². The first-order valence-electron chi connectivity index (χ1n) is 4.53. The van der Waals surface area contributed by atoms with Gasteiger partial charge in [0.05, 0.1) is 11.9 Å². The van der Waals surface area contributed by atoms with Crippen LogP contribution in [0.1, 0.15) is 11.3 Å². The van der Waals surface area contributed by atoms with Crippen molar-refractivity contribution in [2.75, 3.05) is 0 Å². The predicted octanol–water partition coefficient (Wildman–Crippen LogP) is 1.39. The highest BCUT2D eigenvalue weighted by atomic mass is 15.3. The Morgan fingerprint density at radius 2 is 2.40 bits per heavy atom. The van der Waals surface area contributed by atoms with Crippen LogP contribution >= 0.6 is 0 Å². The molecule has 0 aliphatic rings. The van der Waals surface area contributed by atoms with Crippen LogP contribution in [0.2, 0.25) is 0 Å². The molecule has 15 heavy (non-hydrogen) atoms. The fraction of sp³-hybridized carbons (Fsp3) is 0.100. The number of hydrogen-bond acceptors (Lipinski definition) is 3. The van der Waals surface area contributed by atoms with Gasteiger partial charge in [-0.2, -0.15) is 14.9 Å². The van der Waals surface area contributed by atoms with Gasteiger partial charge in [-0.05, 0) is 13.0 Å². The maximum absolute atomic E-state index is 8.88. The second kappa shape index (κ2) is 2.58. The second-order valence-electron chi connectivity index (χ2n) is 3.34. The first kappa shape index (κ1) is 8.00. The third kappa shape index (κ3) is 0.904. The molecule has 3 aromatic rings. The molecule has 0 spiro atoms. The van der Waals surface area contributed by atoms with E-state index in [4.69, 9.17) is 5.26 Å². The topological polar surface area (TPSA) is 69.8 Å². The second-order valence-corrected chi connectivity index (χ2v) is 3.34. The van der Waals surface area contributed by atoms with Gasteiger partial charge in [0.1, 0.15) is 17.3 Å². The summed E-state index contributed by atoms with van der Waals surface area (Å²) in [4.78, 5) is 7.46. The van der Waals surface area contributed by atoms with E-state index in [0.717, 1.165) is 16.7 Å². The van der Waals surface area contributed by atoms with Gasteiger partial charge in [-0.1, -0.05) is 0 Å². The van der Waals surface area contributed by atoms with Gasteiger partial charge in [-0.25, -0.2) is 4.98 Å². The van der Waals surface area contributed by atoms with E-state index in [1.54, 1.807) is 4.52 Å². The van der Waals surface area contributed by atoms with E-state index in [9.17, 15) is 0 Å². The van der Waals surface area contributed by atoms with Crippen molar-refractivity contribution in [2.24, 2.45) is 0 Å². The van der Waals surface area contributed by atoms with Crippen molar-refractivity contribution in [1.29, 1.82) is 5.26 Å². The van der Waals surface area contributed by atoms with Crippen LogP contribution in [-0.4, -0.2) is 19.6 Å². The van der Waals surface area contributed by atoms with E-state index in [1.807, 2.05) is 19.2 Å². The Labute approximate surface area is 85.0 Å². The number of aromatic nitrogens is 4. The number of H-pyrrole nitrogens is 1. The summed E-state index contributed by atoms with van der Waals surface area (Å²) in [6.07, 6.45) is 3.37. The maximum atomic E-state index is 8.88. The number of rotatable bonds is 0. The molecule has 3 heterocycles. The SMILES string of the molecule is Cc1nc2c(C#N)cnn2c2[nH]ccc12. The monoisotopic (exact) mass is 197 g/mol. The van der Waals surface area contributed by atoms with Crippen molar-refractivity contribution in [3.63, 3.8) is 0 Å². The largest absolute Gasteiger partial charge is 0.346 e. The van der Waals surface area contributed by atoms with Gasteiger partial charge in [0.25, 0.3) is 0 Å². The fourth-order valence-corrected chi connectivity index (χ4v) is 1.74. The number of aromatic amines is 1. The zero-order valence-corrected chi connectivity index (χ0v) is 8.02. The summed E-state index contributed by atoms with van der Waals surface area (Å²) in [6, 6.07) is 4.02. The summed E-state index contributed by atoms with van der Waals surface area (Å²) < 4.78 is 1.65. The van der Waals surface area contributed by atoms with E-state index in [2.05, 4.69) is 21.1 Å². The molecule has 3 aromatic heterocycles. The number of hydrogen-bond donors (Lipinski definition) is 1. The summed E-state index contributed by atoms with van der Waals surface area (Å²) in [5.74, 6) is 0. The quantitative estimate of drug-likeness (QED) is 0.592. The van der Waals surface area contributed by atoms with Gasteiger partial charge in [0.15, 0.2) is 5.65 Å². The van der Waals surface area contributed by atoms with Crippen LogP contribution in [0.15, 0.2) is 18.5 Å². The van der Waals surface area contributed by atoms with Gasteiger partial charge in [0.2, 0.25) is 0 Å². The van der Waals surface area contributed by atoms with Gasteiger partial charge in [0, 0.05) is 11.6 Å². The van der Waals surface area contributed by atoms with E-state index in [1.165, 1.54) is 6.20 Å². The minimum atomic E-state index is 0.495. The first-order valence-corrected chi connectivity index (χ1v) is 4.53. The highest BCUT2D eigenvalue weighted by molar-refractivity contribution is 5.81. The Bertz CT molecular complexity index is 698. The summed E-state index contributed by atoms with van der Waals surface area (Å²) in [7, 11) is 0. The van der Waals surface area contributed by atoms with E-state index in [0.29, 0.717) is 11.2 Å².